The fraction of sp³-hybridized carbons (Fsp3) is 0.467. The zero-order valence-electron chi connectivity index (χ0n) is 24.7. The maximum Gasteiger partial charge on any atom is 0.323 e. The van der Waals surface area contributed by atoms with Crippen LogP contribution in [0.3, 0.4) is 0 Å². The Labute approximate surface area is 249 Å². The molecule has 7 N–H and O–H groups in total. The van der Waals surface area contributed by atoms with Crippen LogP contribution in [0.4, 0.5) is 0 Å². The van der Waals surface area contributed by atoms with Crippen LogP contribution in [0.5, 0.6) is 0 Å². The first kappa shape index (κ1) is 33.1. The molecule has 3 rings (SSSR count). The summed E-state index contributed by atoms with van der Waals surface area (Å²) < 4.78 is 17.0. The van der Waals surface area contributed by atoms with Crippen LogP contribution >= 0.6 is 0 Å². The predicted octanol–water partition coefficient (Wildman–Crippen LogP) is -0.439. The van der Waals surface area contributed by atoms with E-state index in [2.05, 4.69) is 15.0 Å². The van der Waals surface area contributed by atoms with E-state index in [0.29, 0.717) is 6.42 Å². The van der Waals surface area contributed by atoms with Gasteiger partial charge in [-0.3, -0.25) is 14.4 Å². The number of aliphatic hydroxyl groups is 1. The minimum atomic E-state index is -2.08. The number of rotatable bonds is 11. The molecule has 0 unspecified atom stereocenters. The molecule has 0 spiro atoms. The Bertz CT molecular complexity index is 1380. The third-order valence-electron chi connectivity index (χ3n) is 7.26. The summed E-state index contributed by atoms with van der Waals surface area (Å²) in [6.07, 6.45) is -2.71. The number of nitrogens with two attached hydrogens (primary N) is 2. The maximum absolute atomic E-state index is 12.8. The first-order chi connectivity index (χ1) is 20.5. The highest BCUT2D eigenvalue weighted by molar-refractivity contribution is 5.99. The first-order valence-electron chi connectivity index (χ1n) is 14.0. The van der Waals surface area contributed by atoms with Gasteiger partial charge in [0.15, 0.2) is 12.4 Å². The summed E-state index contributed by atoms with van der Waals surface area (Å²) in [5.74, 6) is -2.32. The minimum absolute atomic E-state index is 0.0230. The molecule has 1 aliphatic heterocycles. The van der Waals surface area contributed by atoms with Crippen molar-refractivity contribution in [1.29, 1.82) is 5.26 Å². The van der Waals surface area contributed by atoms with E-state index in [1.165, 1.54) is 12.1 Å². The molecule has 2 aromatic rings. The van der Waals surface area contributed by atoms with Crippen LogP contribution in [-0.2, 0) is 40.6 Å². The monoisotopic (exact) mass is 595 g/mol. The molecule has 0 radical (unpaired) electrons. The van der Waals surface area contributed by atoms with Crippen LogP contribution < -0.4 is 16.5 Å². The number of hydrogen-bond donors (Lipinski definition) is 5. The van der Waals surface area contributed by atoms with Crippen LogP contribution in [0, 0.1) is 23.2 Å². The molecule has 1 aromatic carbocycles. The number of benzene rings is 1. The molecule has 1 saturated heterocycles. The molecule has 2 heterocycles. The number of carbonyl (C=O) groups is 3. The van der Waals surface area contributed by atoms with Crippen LogP contribution in [0.25, 0.3) is 0 Å². The van der Waals surface area contributed by atoms with E-state index in [1.54, 1.807) is 45.0 Å². The summed E-state index contributed by atoms with van der Waals surface area (Å²) in [6, 6.07) is 12.9. The summed E-state index contributed by atoms with van der Waals surface area (Å²) in [4.78, 5) is 47.6. The van der Waals surface area contributed by atoms with Crippen molar-refractivity contribution < 1.29 is 38.7 Å². The average Bonchev–Trinajstić information content (AvgIpc) is 3.59. The van der Waals surface area contributed by atoms with Gasteiger partial charge in [0, 0.05) is 0 Å². The largest absolute Gasteiger partial charge is 0.463 e. The first-order valence-corrected chi connectivity index (χ1v) is 14.0. The van der Waals surface area contributed by atoms with Crippen molar-refractivity contribution in [3.63, 3.8) is 0 Å². The fourth-order valence-corrected chi connectivity index (χ4v) is 4.32. The van der Waals surface area contributed by atoms with Crippen molar-refractivity contribution in [1.82, 2.24) is 4.98 Å². The second-order valence-electron chi connectivity index (χ2n) is 10.7. The Hall–Kier alpha value is -4.38. The number of carbonyl (C=O) groups excluding carboxylic acids is 3. The molecular formula is C30H39N6O7+. The minimum Gasteiger partial charge on any atom is -0.463 e. The molecule has 0 aliphatic carbocycles. The van der Waals surface area contributed by atoms with E-state index in [1.807, 2.05) is 19.1 Å². The van der Waals surface area contributed by atoms with Crippen molar-refractivity contribution in [2.24, 2.45) is 28.3 Å². The average molecular weight is 596 g/mol. The Morgan fingerprint density at radius 1 is 1.23 bits per heavy atom. The number of esters is 2. The van der Waals surface area contributed by atoms with Gasteiger partial charge in [-0.1, -0.05) is 63.0 Å². The molecular weight excluding hydrogens is 556 g/mol. The smallest absolute Gasteiger partial charge is 0.323 e. The summed E-state index contributed by atoms with van der Waals surface area (Å²) in [5, 5.41) is 21.8. The van der Waals surface area contributed by atoms with E-state index in [-0.39, 0.29) is 41.4 Å². The van der Waals surface area contributed by atoms with Crippen molar-refractivity contribution in [2.75, 3.05) is 6.61 Å². The van der Waals surface area contributed by atoms with E-state index in [0.717, 1.165) is 11.9 Å². The Balaban J connectivity index is 1.93. The van der Waals surface area contributed by atoms with Crippen LogP contribution in [0.2, 0.25) is 0 Å². The molecule has 1 fully saturated rings. The lowest BCUT2D eigenvalue weighted by atomic mass is 9.92. The highest BCUT2D eigenvalue weighted by Crippen LogP contribution is 2.41. The Morgan fingerprint density at radius 2 is 1.93 bits per heavy atom. The molecule has 1 aliphatic rings. The highest BCUT2D eigenvalue weighted by Gasteiger charge is 2.59. The number of nitriles is 1. The zero-order chi connectivity index (χ0) is 31.7. The van der Waals surface area contributed by atoms with E-state index >= 15 is 0 Å². The third-order valence-corrected chi connectivity index (χ3v) is 7.26. The lowest BCUT2D eigenvalue weighted by molar-refractivity contribution is -0.309. The molecule has 0 saturated carbocycles. The second kappa shape index (κ2) is 14.7. The summed E-state index contributed by atoms with van der Waals surface area (Å²) in [5.41, 5.74) is 10.5. The predicted molar refractivity (Wildman–Crippen MR) is 155 cm³/mol. The van der Waals surface area contributed by atoms with Gasteiger partial charge in [0.1, 0.15) is 36.6 Å². The number of nitrogens with one attached hydrogen (secondary N) is 2. The topological polar surface area (TPSA) is 217 Å². The van der Waals surface area contributed by atoms with E-state index in [9.17, 15) is 24.8 Å². The van der Waals surface area contributed by atoms with Gasteiger partial charge < -0.3 is 35.8 Å². The number of aromatic amines is 1. The van der Waals surface area contributed by atoms with Gasteiger partial charge in [-0.25, -0.2) is 4.99 Å². The number of aliphatic hydroxyl groups excluding tert-OH is 1. The zero-order valence-corrected chi connectivity index (χ0v) is 24.7. The molecule has 1 amide bonds. The van der Waals surface area contributed by atoms with Gasteiger partial charge >= 0.3 is 17.8 Å². The standard InChI is InChI=1S/C30H38N6O7/c1-5-18(4)28(39)36-27(34-16-32)20-11-12-22(35-20)30(15-31)26(38)25(42-29(40)24(33)17(2)3)21(43-30)14-41-23(37)13-19-9-7-6-8-10-19/h6-12,16-18,21,24-26,35,38H,5,13-14,33H2,1-4H3,(H2,32,34,36,39)/p+1/t18-,21+,24-,25+,26+,30-/m0/s1. The number of aliphatic imine (C=N–C) groups is 1. The van der Waals surface area contributed by atoms with Gasteiger partial charge in [0.25, 0.3) is 5.84 Å². The quantitative estimate of drug-likeness (QED) is 0.128. The Kier molecular flexibility index (Phi) is 11.3. The summed E-state index contributed by atoms with van der Waals surface area (Å²) >= 11 is 0. The van der Waals surface area contributed by atoms with Gasteiger partial charge in [-0.15, -0.1) is 0 Å². The number of hydrogen-bond acceptors (Lipinski definition) is 9. The lowest BCUT2D eigenvalue weighted by Gasteiger charge is -2.25. The molecule has 13 nitrogen and oxygen atoms in total. The third kappa shape index (κ3) is 7.72. The number of amidine groups is 1. The number of ether oxygens (including phenoxy) is 3. The SMILES string of the molecule is CC[C@H](C)C(=O)N=C([NH+]=CN)c1ccc([C@]2(C#N)O[C@H](COC(=O)Cc3ccccc3)[C@@H](OC(=O)[C@@H](N)C(C)C)[C@H]2O)[nH]1. The van der Waals surface area contributed by atoms with Gasteiger partial charge in [0.05, 0.1) is 18.0 Å². The van der Waals surface area contributed by atoms with Crippen LogP contribution in [0.1, 0.15) is 51.1 Å². The summed E-state index contributed by atoms with van der Waals surface area (Å²) in [6.45, 7) is 6.63. The summed E-state index contributed by atoms with van der Waals surface area (Å²) in [7, 11) is 0. The normalized spacial score (nSPS) is 23.6. The van der Waals surface area contributed by atoms with Gasteiger partial charge in [-0.2, -0.15) is 5.26 Å². The fourth-order valence-electron chi connectivity index (χ4n) is 4.32. The number of amides is 1. The molecule has 1 aromatic heterocycles. The second-order valence-corrected chi connectivity index (χ2v) is 10.7. The van der Waals surface area contributed by atoms with Crippen molar-refractivity contribution >= 4 is 30.0 Å². The van der Waals surface area contributed by atoms with Crippen molar-refractivity contribution in [3.8, 4) is 6.07 Å². The Morgan fingerprint density at radius 3 is 2.53 bits per heavy atom. The van der Waals surface area contributed by atoms with Crippen molar-refractivity contribution in [2.45, 2.75) is 70.5 Å². The van der Waals surface area contributed by atoms with E-state index < -0.39 is 48.5 Å². The number of aromatic nitrogens is 1. The van der Waals surface area contributed by atoms with Crippen molar-refractivity contribution in [3.05, 3.63) is 59.4 Å². The molecule has 43 heavy (non-hydrogen) atoms. The number of H-pyrrole nitrogens is 1. The molecule has 13 heteroatoms. The lowest BCUT2D eigenvalue weighted by Crippen LogP contribution is -2.76. The molecule has 0 bridgehead atoms. The van der Waals surface area contributed by atoms with Gasteiger partial charge in [0.2, 0.25) is 5.60 Å². The van der Waals surface area contributed by atoms with Crippen LogP contribution in [0.15, 0.2) is 47.5 Å². The number of nitrogens with zero attached hydrogens (tertiary/aromatic N) is 2. The van der Waals surface area contributed by atoms with Crippen LogP contribution in [-0.4, -0.2) is 71.1 Å². The molecule has 230 valence electrons. The maximum atomic E-state index is 12.8. The molecule has 6 atom stereocenters. The van der Waals surface area contributed by atoms with E-state index in [4.69, 9.17) is 25.7 Å². The highest BCUT2D eigenvalue weighted by atomic mass is 16.6. The van der Waals surface area contributed by atoms with Gasteiger partial charge in [-0.05, 0) is 30.0 Å².